The molecule has 1 aromatic rings. The fourth-order valence-corrected chi connectivity index (χ4v) is 4.59. The van der Waals surface area contributed by atoms with Crippen molar-refractivity contribution in [2.24, 2.45) is 11.8 Å². The van der Waals surface area contributed by atoms with Gasteiger partial charge < -0.3 is 4.74 Å². The van der Waals surface area contributed by atoms with Crippen LogP contribution in [0.1, 0.15) is 19.3 Å². The minimum Gasteiger partial charge on any atom is -0.469 e. The number of methoxy groups -OCH3 is 1. The first kappa shape index (κ1) is 15.5. The van der Waals surface area contributed by atoms with E-state index in [1.54, 1.807) is 24.3 Å². The molecule has 0 heterocycles. The lowest BCUT2D eigenvalue weighted by Crippen LogP contribution is -2.17. The van der Waals surface area contributed by atoms with E-state index in [-0.39, 0.29) is 23.6 Å². The maximum Gasteiger partial charge on any atom is 0.308 e. The molecule has 2 atom stereocenters. The molecule has 6 heteroatoms. The maximum atomic E-state index is 12.3. The lowest BCUT2D eigenvalue weighted by molar-refractivity contribution is -0.145. The molecule has 0 N–H and O–H groups in total. The second kappa shape index (κ2) is 6.26. The van der Waals surface area contributed by atoms with Crippen LogP contribution >= 0.6 is 15.9 Å². The van der Waals surface area contributed by atoms with E-state index in [1.807, 2.05) is 0 Å². The molecule has 4 nitrogen and oxygen atoms in total. The molecule has 1 aliphatic carbocycles. The number of benzene rings is 1. The van der Waals surface area contributed by atoms with Crippen molar-refractivity contribution in [2.45, 2.75) is 24.2 Å². The average molecular weight is 361 g/mol. The summed E-state index contributed by atoms with van der Waals surface area (Å²) in [6.07, 6.45) is 2.07. The zero-order chi connectivity index (χ0) is 14.8. The number of carbonyl (C=O) groups excluding carboxylic acids is 1. The van der Waals surface area contributed by atoms with Crippen molar-refractivity contribution in [2.75, 3.05) is 12.9 Å². The van der Waals surface area contributed by atoms with Crippen LogP contribution in [0.3, 0.4) is 0 Å². The van der Waals surface area contributed by atoms with E-state index in [0.717, 1.165) is 10.9 Å². The minimum atomic E-state index is -3.29. The van der Waals surface area contributed by atoms with Crippen LogP contribution in [-0.2, 0) is 19.4 Å². The summed E-state index contributed by atoms with van der Waals surface area (Å²) in [4.78, 5) is 11.8. The second-order valence-corrected chi connectivity index (χ2v) is 8.08. The Morgan fingerprint density at radius 2 is 1.95 bits per heavy atom. The Hall–Kier alpha value is -0.880. The van der Waals surface area contributed by atoms with E-state index < -0.39 is 9.84 Å². The molecule has 1 saturated carbocycles. The van der Waals surface area contributed by atoms with Crippen molar-refractivity contribution in [3.05, 3.63) is 28.7 Å². The summed E-state index contributed by atoms with van der Waals surface area (Å²) < 4.78 is 30.2. The molecule has 0 saturated heterocycles. The van der Waals surface area contributed by atoms with Crippen LogP contribution < -0.4 is 0 Å². The molecule has 0 unspecified atom stereocenters. The predicted octanol–water partition coefficient (Wildman–Crippen LogP) is 2.81. The van der Waals surface area contributed by atoms with E-state index in [0.29, 0.717) is 17.7 Å². The molecular formula is C14H17BrO4S. The Bertz CT molecular complexity index is 580. The number of esters is 1. The summed E-state index contributed by atoms with van der Waals surface area (Å²) in [6.45, 7) is 0. The van der Waals surface area contributed by atoms with Crippen LogP contribution in [0.5, 0.6) is 0 Å². The van der Waals surface area contributed by atoms with Crippen LogP contribution in [0.15, 0.2) is 33.6 Å². The Morgan fingerprint density at radius 1 is 1.30 bits per heavy atom. The summed E-state index contributed by atoms with van der Waals surface area (Å²) in [7, 11) is -1.92. The van der Waals surface area contributed by atoms with Gasteiger partial charge in [0.05, 0.1) is 23.7 Å². The zero-order valence-electron chi connectivity index (χ0n) is 11.2. The maximum absolute atomic E-state index is 12.3. The van der Waals surface area contributed by atoms with Gasteiger partial charge in [0.25, 0.3) is 0 Å². The number of sulfone groups is 1. The average Bonchev–Trinajstić information content (AvgIpc) is 2.86. The van der Waals surface area contributed by atoms with Gasteiger partial charge in [-0.2, -0.15) is 0 Å². The van der Waals surface area contributed by atoms with Crippen LogP contribution in [0.4, 0.5) is 0 Å². The molecule has 0 spiro atoms. The lowest BCUT2D eigenvalue weighted by atomic mass is 10.1. The molecule has 110 valence electrons. The summed E-state index contributed by atoms with van der Waals surface area (Å²) in [5, 5.41) is 0. The van der Waals surface area contributed by atoms with Crippen LogP contribution in [0.2, 0.25) is 0 Å². The first-order chi connectivity index (χ1) is 9.42. The van der Waals surface area contributed by atoms with Gasteiger partial charge in [0, 0.05) is 4.47 Å². The van der Waals surface area contributed by atoms with Gasteiger partial charge in [-0.15, -0.1) is 0 Å². The number of ether oxygens (including phenoxy) is 1. The highest BCUT2D eigenvalue weighted by Gasteiger charge is 2.33. The summed E-state index contributed by atoms with van der Waals surface area (Å²) in [5.41, 5.74) is 0. The third kappa shape index (κ3) is 3.61. The first-order valence-corrected chi connectivity index (χ1v) is 8.93. The normalized spacial score (nSPS) is 22.7. The summed E-state index contributed by atoms with van der Waals surface area (Å²) >= 11 is 3.29. The molecule has 20 heavy (non-hydrogen) atoms. The number of halogens is 1. The third-order valence-corrected chi connectivity index (χ3v) is 6.13. The topological polar surface area (TPSA) is 60.4 Å². The largest absolute Gasteiger partial charge is 0.469 e. The van der Waals surface area contributed by atoms with E-state index >= 15 is 0 Å². The van der Waals surface area contributed by atoms with Gasteiger partial charge in [0.2, 0.25) is 0 Å². The molecule has 1 aliphatic rings. The Labute approximate surface area is 127 Å². The van der Waals surface area contributed by atoms with Crippen molar-refractivity contribution in [3.8, 4) is 0 Å². The standard InChI is InChI=1S/C14H17BrO4S/c1-19-14(16)11-3-2-10(8-11)9-20(17,18)13-6-4-12(15)5-7-13/h4-7,10-11H,2-3,8-9H2,1H3/t10-,11+/m0/s1. The quantitative estimate of drug-likeness (QED) is 0.774. The summed E-state index contributed by atoms with van der Waals surface area (Å²) in [6, 6.07) is 6.65. The molecule has 2 rings (SSSR count). The Balaban J connectivity index is 2.03. The Kier molecular flexibility index (Phi) is 4.86. The van der Waals surface area contributed by atoms with Crippen molar-refractivity contribution in [3.63, 3.8) is 0 Å². The van der Waals surface area contributed by atoms with E-state index in [1.165, 1.54) is 7.11 Å². The summed E-state index contributed by atoms with van der Waals surface area (Å²) in [5.74, 6) is -0.242. The van der Waals surface area contributed by atoms with Crippen LogP contribution in [0, 0.1) is 11.8 Å². The lowest BCUT2D eigenvalue weighted by Gasteiger charge is -2.11. The van der Waals surface area contributed by atoms with Gasteiger partial charge in [0.15, 0.2) is 9.84 Å². The molecule has 0 bridgehead atoms. The van der Waals surface area contributed by atoms with Gasteiger partial charge in [0.1, 0.15) is 0 Å². The fraction of sp³-hybridized carbons (Fsp3) is 0.500. The van der Waals surface area contributed by atoms with Crippen molar-refractivity contribution in [1.82, 2.24) is 0 Å². The molecule has 1 fully saturated rings. The van der Waals surface area contributed by atoms with Crippen molar-refractivity contribution in [1.29, 1.82) is 0 Å². The van der Waals surface area contributed by atoms with Gasteiger partial charge in [-0.1, -0.05) is 15.9 Å². The molecule has 0 aromatic heterocycles. The molecular weight excluding hydrogens is 344 g/mol. The Morgan fingerprint density at radius 3 is 2.55 bits per heavy atom. The molecule has 0 aliphatic heterocycles. The minimum absolute atomic E-state index is 0.0350. The molecule has 1 aromatic carbocycles. The van der Waals surface area contributed by atoms with Crippen LogP contribution in [-0.4, -0.2) is 27.2 Å². The third-order valence-electron chi connectivity index (χ3n) is 3.70. The molecule has 0 amide bonds. The monoisotopic (exact) mass is 360 g/mol. The second-order valence-electron chi connectivity index (χ2n) is 5.13. The van der Waals surface area contributed by atoms with Crippen molar-refractivity contribution < 1.29 is 17.9 Å². The number of hydrogen-bond acceptors (Lipinski definition) is 4. The fourth-order valence-electron chi connectivity index (χ4n) is 2.66. The van der Waals surface area contributed by atoms with E-state index in [4.69, 9.17) is 4.74 Å². The smallest absolute Gasteiger partial charge is 0.308 e. The predicted molar refractivity (Wildman–Crippen MR) is 79.0 cm³/mol. The highest BCUT2D eigenvalue weighted by Crippen LogP contribution is 2.33. The van der Waals surface area contributed by atoms with E-state index in [9.17, 15) is 13.2 Å². The highest BCUT2D eigenvalue weighted by molar-refractivity contribution is 9.10. The zero-order valence-corrected chi connectivity index (χ0v) is 13.6. The van der Waals surface area contributed by atoms with Crippen LogP contribution in [0.25, 0.3) is 0 Å². The van der Waals surface area contributed by atoms with E-state index in [2.05, 4.69) is 15.9 Å². The number of rotatable bonds is 4. The molecule has 0 radical (unpaired) electrons. The number of carbonyl (C=O) groups is 1. The highest BCUT2D eigenvalue weighted by atomic mass is 79.9. The van der Waals surface area contributed by atoms with Gasteiger partial charge in [-0.25, -0.2) is 8.42 Å². The van der Waals surface area contributed by atoms with Gasteiger partial charge in [-0.3, -0.25) is 4.79 Å². The van der Waals surface area contributed by atoms with Crippen molar-refractivity contribution >= 4 is 31.7 Å². The van der Waals surface area contributed by atoms with Gasteiger partial charge in [-0.05, 0) is 49.4 Å². The SMILES string of the molecule is COC(=O)[C@@H]1CC[C@H](CS(=O)(=O)c2ccc(Br)cc2)C1. The first-order valence-electron chi connectivity index (χ1n) is 6.48. The van der Waals surface area contributed by atoms with Gasteiger partial charge >= 0.3 is 5.97 Å². The number of hydrogen-bond donors (Lipinski definition) is 0.